The molecule has 8 heteroatoms. The number of hydrogen-bond donors (Lipinski definition) is 3. The Morgan fingerprint density at radius 1 is 1.07 bits per heavy atom. The van der Waals surface area contributed by atoms with Crippen LogP contribution in [0.2, 0.25) is 10.0 Å². The summed E-state index contributed by atoms with van der Waals surface area (Å²) in [5.74, 6) is 0.696. The van der Waals surface area contributed by atoms with Gasteiger partial charge in [-0.25, -0.2) is 0 Å². The predicted molar refractivity (Wildman–Crippen MR) is 110 cm³/mol. The number of carbonyl (C=O) groups is 1. The second-order valence-electron chi connectivity index (χ2n) is 5.54. The number of nitrogens with one attached hydrogen (secondary N) is 2. The van der Waals surface area contributed by atoms with Gasteiger partial charge < -0.3 is 14.8 Å². The van der Waals surface area contributed by atoms with Gasteiger partial charge >= 0.3 is 0 Å². The number of rotatable bonds is 4. The van der Waals surface area contributed by atoms with E-state index in [0.29, 0.717) is 27.8 Å². The lowest BCUT2D eigenvalue weighted by Gasteiger charge is -2.11. The van der Waals surface area contributed by atoms with Crippen LogP contribution in [0.4, 0.5) is 5.69 Å². The highest BCUT2D eigenvalue weighted by Gasteiger charge is 2.11. The van der Waals surface area contributed by atoms with Crippen molar-refractivity contribution < 1.29 is 14.3 Å². The van der Waals surface area contributed by atoms with Crippen molar-refractivity contribution >= 4 is 52.1 Å². The van der Waals surface area contributed by atoms with E-state index in [-0.39, 0.29) is 16.7 Å². The number of anilines is 1. The highest BCUT2D eigenvalue weighted by molar-refractivity contribution is 7.80. The van der Waals surface area contributed by atoms with Gasteiger partial charge in [-0.2, -0.15) is 0 Å². The number of thiocarbonyl (C=S) groups is 1. The Bertz CT molecular complexity index is 1000. The minimum Gasteiger partial charge on any atom is -0.459 e. The number of aliphatic hydroxyl groups excluding tert-OH is 1. The smallest absolute Gasteiger partial charge is 0.257 e. The molecule has 5 nitrogen and oxygen atoms in total. The molecule has 0 saturated carbocycles. The van der Waals surface area contributed by atoms with Crippen molar-refractivity contribution in [2.24, 2.45) is 0 Å². The summed E-state index contributed by atoms with van der Waals surface area (Å²) in [6.45, 7) is -0.164. The summed E-state index contributed by atoms with van der Waals surface area (Å²) in [4.78, 5) is 12.3. The molecule has 3 N–H and O–H groups in total. The molecular formula is C19H14Cl2N2O3S. The molecule has 0 aliphatic carbocycles. The minimum atomic E-state index is -0.402. The van der Waals surface area contributed by atoms with Gasteiger partial charge in [0, 0.05) is 16.8 Å². The van der Waals surface area contributed by atoms with Crippen molar-refractivity contribution in [3.63, 3.8) is 0 Å². The van der Waals surface area contributed by atoms with Crippen LogP contribution in [0.25, 0.3) is 11.3 Å². The van der Waals surface area contributed by atoms with Crippen LogP contribution >= 0.6 is 35.4 Å². The third-order valence-corrected chi connectivity index (χ3v) is 4.57. The van der Waals surface area contributed by atoms with Gasteiger partial charge in [0.1, 0.15) is 18.1 Å². The van der Waals surface area contributed by atoms with E-state index >= 15 is 0 Å². The Morgan fingerprint density at radius 3 is 2.59 bits per heavy atom. The second kappa shape index (κ2) is 8.54. The summed E-state index contributed by atoms with van der Waals surface area (Å²) in [5.41, 5.74) is 1.82. The monoisotopic (exact) mass is 420 g/mol. The Kier molecular flexibility index (Phi) is 6.13. The molecule has 0 bridgehead atoms. The SMILES string of the molecule is O=C(NC(=S)Nc1cccc(-c2ccc(CO)o2)c1)c1ccc(Cl)c(Cl)c1. The molecule has 3 rings (SSSR count). The molecule has 0 unspecified atom stereocenters. The van der Waals surface area contributed by atoms with E-state index in [1.165, 1.54) is 6.07 Å². The molecule has 1 heterocycles. The summed E-state index contributed by atoms with van der Waals surface area (Å²) in [6, 6.07) is 15.4. The normalized spacial score (nSPS) is 10.5. The van der Waals surface area contributed by atoms with Crippen LogP contribution in [0.1, 0.15) is 16.1 Å². The number of benzene rings is 2. The molecule has 0 radical (unpaired) electrons. The summed E-state index contributed by atoms with van der Waals surface area (Å²) in [6.07, 6.45) is 0. The average Bonchev–Trinajstić information content (AvgIpc) is 3.13. The molecule has 2 aromatic carbocycles. The third-order valence-electron chi connectivity index (χ3n) is 3.63. The average molecular weight is 421 g/mol. The predicted octanol–water partition coefficient (Wildman–Crippen LogP) is 4.87. The molecule has 138 valence electrons. The van der Waals surface area contributed by atoms with E-state index in [0.717, 1.165) is 5.56 Å². The van der Waals surface area contributed by atoms with Gasteiger partial charge in [0.05, 0.1) is 10.0 Å². The van der Waals surface area contributed by atoms with Gasteiger partial charge in [-0.05, 0) is 54.7 Å². The molecule has 0 saturated heterocycles. The van der Waals surface area contributed by atoms with E-state index in [2.05, 4.69) is 10.6 Å². The van der Waals surface area contributed by atoms with Gasteiger partial charge in [0.15, 0.2) is 5.11 Å². The van der Waals surface area contributed by atoms with Gasteiger partial charge in [-0.1, -0.05) is 35.3 Å². The number of furan rings is 1. The summed E-state index contributed by atoms with van der Waals surface area (Å²) < 4.78 is 5.52. The molecule has 27 heavy (non-hydrogen) atoms. The van der Waals surface area contributed by atoms with E-state index < -0.39 is 5.91 Å². The highest BCUT2D eigenvalue weighted by Crippen LogP contribution is 2.25. The summed E-state index contributed by atoms with van der Waals surface area (Å²) >= 11 is 17.0. The lowest BCUT2D eigenvalue weighted by atomic mass is 10.1. The van der Waals surface area contributed by atoms with Crippen LogP contribution in [0.5, 0.6) is 0 Å². The summed E-state index contributed by atoms with van der Waals surface area (Å²) in [5, 5.41) is 15.4. The van der Waals surface area contributed by atoms with Gasteiger partial charge in [0.2, 0.25) is 0 Å². The third kappa shape index (κ3) is 4.87. The molecule has 1 aromatic heterocycles. The Labute approximate surface area is 170 Å². The molecule has 3 aromatic rings. The zero-order chi connectivity index (χ0) is 19.4. The van der Waals surface area contributed by atoms with Crippen LogP contribution in [-0.2, 0) is 6.61 Å². The Balaban J connectivity index is 1.67. The van der Waals surface area contributed by atoms with Gasteiger partial charge in [-0.15, -0.1) is 0 Å². The zero-order valence-corrected chi connectivity index (χ0v) is 16.2. The van der Waals surface area contributed by atoms with E-state index in [1.807, 2.05) is 18.2 Å². The lowest BCUT2D eigenvalue weighted by Crippen LogP contribution is -2.34. The quantitative estimate of drug-likeness (QED) is 0.524. The van der Waals surface area contributed by atoms with Crippen molar-refractivity contribution in [3.8, 4) is 11.3 Å². The van der Waals surface area contributed by atoms with Crippen molar-refractivity contribution in [1.29, 1.82) is 0 Å². The van der Waals surface area contributed by atoms with Crippen LogP contribution in [-0.4, -0.2) is 16.1 Å². The maximum Gasteiger partial charge on any atom is 0.257 e. The topological polar surface area (TPSA) is 74.5 Å². The standard InChI is InChI=1S/C19H14Cl2N2O3S/c20-15-6-4-12(9-16(15)21)18(25)23-19(27)22-13-3-1-2-11(8-13)17-7-5-14(10-24)26-17/h1-9,24H,10H2,(H2,22,23,25,27). The molecule has 0 aliphatic heterocycles. The first kappa shape index (κ1) is 19.4. The van der Waals surface area contributed by atoms with Crippen LogP contribution in [0, 0.1) is 0 Å². The fourth-order valence-corrected chi connectivity index (χ4v) is 2.85. The maximum absolute atomic E-state index is 12.3. The van der Waals surface area contributed by atoms with Gasteiger partial charge in [-0.3, -0.25) is 10.1 Å². The Morgan fingerprint density at radius 2 is 1.89 bits per heavy atom. The summed E-state index contributed by atoms with van der Waals surface area (Å²) in [7, 11) is 0. The highest BCUT2D eigenvalue weighted by atomic mass is 35.5. The lowest BCUT2D eigenvalue weighted by molar-refractivity contribution is 0.0977. The molecule has 0 spiro atoms. The van der Waals surface area contributed by atoms with Crippen LogP contribution in [0.3, 0.4) is 0 Å². The number of aliphatic hydroxyl groups is 1. The number of carbonyl (C=O) groups excluding carboxylic acids is 1. The molecular weight excluding hydrogens is 407 g/mol. The van der Waals surface area contributed by atoms with Crippen LogP contribution in [0.15, 0.2) is 59.0 Å². The maximum atomic E-state index is 12.3. The van der Waals surface area contributed by atoms with E-state index in [1.54, 1.807) is 30.3 Å². The fraction of sp³-hybridized carbons (Fsp3) is 0.0526. The number of hydrogen-bond acceptors (Lipinski definition) is 4. The van der Waals surface area contributed by atoms with Crippen molar-refractivity contribution in [2.45, 2.75) is 6.61 Å². The molecule has 1 amide bonds. The first-order valence-electron chi connectivity index (χ1n) is 7.83. The first-order chi connectivity index (χ1) is 13.0. The molecule has 0 atom stereocenters. The van der Waals surface area contributed by atoms with E-state index in [4.69, 9.17) is 44.9 Å². The van der Waals surface area contributed by atoms with E-state index in [9.17, 15) is 4.79 Å². The zero-order valence-electron chi connectivity index (χ0n) is 13.8. The Hall–Kier alpha value is -2.38. The largest absolute Gasteiger partial charge is 0.459 e. The van der Waals surface area contributed by atoms with Crippen molar-refractivity contribution in [2.75, 3.05) is 5.32 Å². The second-order valence-corrected chi connectivity index (χ2v) is 6.76. The van der Waals surface area contributed by atoms with Crippen molar-refractivity contribution in [3.05, 3.63) is 76.0 Å². The fourth-order valence-electron chi connectivity index (χ4n) is 2.34. The van der Waals surface area contributed by atoms with Crippen LogP contribution < -0.4 is 10.6 Å². The van der Waals surface area contributed by atoms with Gasteiger partial charge in [0.25, 0.3) is 5.91 Å². The first-order valence-corrected chi connectivity index (χ1v) is 9.00. The van der Waals surface area contributed by atoms with Crippen molar-refractivity contribution in [1.82, 2.24) is 5.32 Å². The number of amides is 1. The number of halogens is 2. The molecule has 0 aliphatic rings. The molecule has 0 fully saturated rings. The minimum absolute atomic E-state index is 0.138.